The maximum atomic E-state index is 6.00. The van der Waals surface area contributed by atoms with Gasteiger partial charge in [-0.2, -0.15) is 0 Å². The number of hydrogen-bond donors (Lipinski definition) is 0. The van der Waals surface area contributed by atoms with Crippen molar-refractivity contribution in [2.75, 3.05) is 0 Å². The first-order valence-corrected chi connectivity index (χ1v) is 5.78. The first kappa shape index (κ1) is 11.5. The van der Waals surface area contributed by atoms with E-state index < -0.39 is 0 Å². The Morgan fingerprint density at radius 1 is 1.00 bits per heavy atom. The van der Waals surface area contributed by atoms with E-state index in [1.54, 1.807) is 0 Å². The summed E-state index contributed by atoms with van der Waals surface area (Å²) in [5.41, 5.74) is 4.52. The van der Waals surface area contributed by atoms with E-state index in [9.17, 15) is 0 Å². The second kappa shape index (κ2) is 4.48. The Kier molecular flexibility index (Phi) is 3.22. The molecule has 81 valence electrons. The summed E-state index contributed by atoms with van der Waals surface area (Å²) < 4.78 is 0. The third-order valence-electron chi connectivity index (χ3n) is 2.49. The summed E-state index contributed by atoms with van der Waals surface area (Å²) in [6, 6.07) is 13.0. The number of aryl methyl sites for hydroxylation is 2. The Bertz CT molecular complexity index is 530. The van der Waals surface area contributed by atoms with Crippen LogP contribution in [0.2, 0.25) is 10.0 Å². The molecular formula is C14H11Cl2. The molecule has 16 heavy (non-hydrogen) atoms. The summed E-state index contributed by atoms with van der Waals surface area (Å²) in [5.74, 6) is 0. The molecule has 2 aromatic rings. The van der Waals surface area contributed by atoms with Crippen molar-refractivity contribution >= 4 is 23.2 Å². The molecule has 0 bridgehead atoms. The predicted molar refractivity (Wildman–Crippen MR) is 70.2 cm³/mol. The molecule has 0 aliphatic rings. The highest BCUT2D eigenvalue weighted by Gasteiger charge is 2.05. The van der Waals surface area contributed by atoms with Gasteiger partial charge in [-0.3, -0.25) is 0 Å². The molecule has 0 aliphatic carbocycles. The molecule has 1 radical (unpaired) electrons. The van der Waals surface area contributed by atoms with Crippen molar-refractivity contribution in [3.05, 3.63) is 57.6 Å². The molecule has 0 saturated carbocycles. The van der Waals surface area contributed by atoms with Crippen LogP contribution in [0.3, 0.4) is 0 Å². The molecule has 0 N–H and O–H groups in total. The van der Waals surface area contributed by atoms with Gasteiger partial charge >= 0.3 is 0 Å². The summed E-state index contributed by atoms with van der Waals surface area (Å²) in [6.07, 6.45) is 0. The van der Waals surface area contributed by atoms with Gasteiger partial charge in [0.15, 0.2) is 0 Å². The maximum Gasteiger partial charge on any atom is 0.0598 e. The van der Waals surface area contributed by atoms with Gasteiger partial charge < -0.3 is 0 Å². The second-order valence-electron chi connectivity index (χ2n) is 3.86. The van der Waals surface area contributed by atoms with Crippen LogP contribution in [0.4, 0.5) is 0 Å². The van der Waals surface area contributed by atoms with Crippen LogP contribution >= 0.6 is 23.2 Å². The first-order chi connectivity index (χ1) is 7.58. The predicted octanol–water partition coefficient (Wildman–Crippen LogP) is 5.08. The van der Waals surface area contributed by atoms with Gasteiger partial charge in [0.2, 0.25) is 0 Å². The average Bonchev–Trinajstić information content (AvgIpc) is 2.22. The van der Waals surface area contributed by atoms with Crippen LogP contribution in [-0.2, 0) is 0 Å². The van der Waals surface area contributed by atoms with E-state index in [1.807, 2.05) is 24.3 Å². The minimum absolute atomic E-state index is 0.576. The summed E-state index contributed by atoms with van der Waals surface area (Å²) in [5, 5.41) is 1.16. The molecule has 0 aliphatic heterocycles. The van der Waals surface area contributed by atoms with Crippen molar-refractivity contribution in [1.29, 1.82) is 0 Å². The van der Waals surface area contributed by atoms with Crippen molar-refractivity contribution < 1.29 is 0 Å². The first-order valence-electron chi connectivity index (χ1n) is 5.02. The molecular weight excluding hydrogens is 239 g/mol. The Balaban J connectivity index is 2.54. The van der Waals surface area contributed by atoms with Crippen LogP contribution in [-0.4, -0.2) is 0 Å². The summed E-state index contributed by atoms with van der Waals surface area (Å²) in [4.78, 5) is 0. The molecule has 2 heteroatoms. The molecule has 0 unspecified atom stereocenters. The highest BCUT2D eigenvalue weighted by Crippen LogP contribution is 2.30. The lowest BCUT2D eigenvalue weighted by Gasteiger charge is -2.07. The van der Waals surface area contributed by atoms with Gasteiger partial charge in [0.25, 0.3) is 0 Å². The molecule has 0 amide bonds. The molecule has 2 rings (SSSR count). The van der Waals surface area contributed by atoms with Gasteiger partial charge in [-0.15, -0.1) is 0 Å². The molecule has 2 aromatic carbocycles. The van der Waals surface area contributed by atoms with Crippen LogP contribution in [0.15, 0.2) is 30.3 Å². The van der Waals surface area contributed by atoms with E-state index in [-0.39, 0.29) is 0 Å². The van der Waals surface area contributed by atoms with Crippen molar-refractivity contribution in [3.63, 3.8) is 0 Å². The van der Waals surface area contributed by atoms with E-state index in [2.05, 4.69) is 26.0 Å². The lowest BCUT2D eigenvalue weighted by atomic mass is 9.99. The third kappa shape index (κ3) is 2.23. The minimum Gasteiger partial charge on any atom is -0.0827 e. The Hall–Kier alpha value is -0.980. The van der Waals surface area contributed by atoms with Gasteiger partial charge in [-0.25, -0.2) is 0 Å². The van der Waals surface area contributed by atoms with Gasteiger partial charge in [-0.1, -0.05) is 47.0 Å². The van der Waals surface area contributed by atoms with Gasteiger partial charge in [0.1, 0.15) is 0 Å². The number of rotatable bonds is 1. The largest absolute Gasteiger partial charge is 0.0827 e. The van der Waals surface area contributed by atoms with E-state index in [0.29, 0.717) is 10.0 Å². The van der Waals surface area contributed by atoms with Gasteiger partial charge in [0.05, 0.1) is 10.0 Å². The van der Waals surface area contributed by atoms with Crippen molar-refractivity contribution in [2.24, 2.45) is 0 Å². The molecule has 0 atom stereocenters. The maximum absolute atomic E-state index is 6.00. The Labute approximate surface area is 106 Å². The zero-order valence-corrected chi connectivity index (χ0v) is 10.7. The van der Waals surface area contributed by atoms with E-state index >= 15 is 0 Å². The van der Waals surface area contributed by atoms with Gasteiger partial charge in [0, 0.05) is 0 Å². The fraction of sp³-hybridized carbons (Fsp3) is 0.143. The van der Waals surface area contributed by atoms with Crippen LogP contribution in [0.1, 0.15) is 11.1 Å². The van der Waals surface area contributed by atoms with Crippen molar-refractivity contribution in [1.82, 2.24) is 0 Å². The quantitative estimate of drug-likeness (QED) is 0.662. The Morgan fingerprint density at radius 3 is 2.38 bits per heavy atom. The zero-order chi connectivity index (χ0) is 11.7. The molecule has 0 fully saturated rings. The summed E-state index contributed by atoms with van der Waals surface area (Å²) >= 11 is 11.9. The van der Waals surface area contributed by atoms with E-state index in [0.717, 1.165) is 11.1 Å². The van der Waals surface area contributed by atoms with Crippen LogP contribution in [0.25, 0.3) is 11.1 Å². The second-order valence-corrected chi connectivity index (χ2v) is 4.68. The third-order valence-corrected chi connectivity index (χ3v) is 3.23. The standard InChI is InChI=1S/C14H11Cl2/c1-9-3-5-12(10(2)7-9)11-4-6-13(15)14(16)8-11/h3-4,6-8H,1-2H3. The lowest BCUT2D eigenvalue weighted by molar-refractivity contribution is 1.38. The fourth-order valence-electron chi connectivity index (χ4n) is 1.72. The van der Waals surface area contributed by atoms with Crippen LogP contribution in [0, 0.1) is 19.9 Å². The van der Waals surface area contributed by atoms with Crippen LogP contribution in [0.5, 0.6) is 0 Å². The highest BCUT2D eigenvalue weighted by atomic mass is 35.5. The molecule has 0 heterocycles. The average molecular weight is 250 g/mol. The minimum atomic E-state index is 0.576. The van der Waals surface area contributed by atoms with Crippen LogP contribution < -0.4 is 0 Å². The topological polar surface area (TPSA) is 0 Å². The monoisotopic (exact) mass is 249 g/mol. The van der Waals surface area contributed by atoms with Crippen molar-refractivity contribution in [3.8, 4) is 11.1 Å². The fourth-order valence-corrected chi connectivity index (χ4v) is 2.02. The van der Waals surface area contributed by atoms with Gasteiger partial charge in [-0.05, 0) is 48.7 Å². The van der Waals surface area contributed by atoms with E-state index in [4.69, 9.17) is 23.2 Å². The highest BCUT2D eigenvalue weighted by molar-refractivity contribution is 6.42. The summed E-state index contributed by atoms with van der Waals surface area (Å²) in [7, 11) is 0. The number of benzene rings is 2. The summed E-state index contributed by atoms with van der Waals surface area (Å²) in [6.45, 7) is 4.13. The molecule has 0 nitrogen and oxygen atoms in total. The lowest BCUT2D eigenvalue weighted by Crippen LogP contribution is -1.85. The zero-order valence-electron chi connectivity index (χ0n) is 9.14. The molecule has 0 spiro atoms. The smallest absolute Gasteiger partial charge is 0.0598 e. The SMILES string of the molecule is Cc1c[c]c(-c2ccc(Cl)c(Cl)c2)c(C)c1. The number of hydrogen-bond acceptors (Lipinski definition) is 0. The Morgan fingerprint density at radius 2 is 1.75 bits per heavy atom. The molecule has 0 saturated heterocycles. The van der Waals surface area contributed by atoms with Crippen molar-refractivity contribution in [2.45, 2.75) is 13.8 Å². The molecule has 0 aromatic heterocycles. The normalized spacial score (nSPS) is 10.5. The number of halogens is 2. The van der Waals surface area contributed by atoms with E-state index in [1.165, 1.54) is 11.1 Å².